The van der Waals surface area contributed by atoms with Gasteiger partial charge in [-0.2, -0.15) is 0 Å². The van der Waals surface area contributed by atoms with Gasteiger partial charge in [-0.25, -0.2) is 0 Å². The third-order valence-corrected chi connectivity index (χ3v) is 2.73. The van der Waals surface area contributed by atoms with Crippen LogP contribution < -0.4 is 0 Å². The molecule has 1 aromatic carbocycles. The van der Waals surface area contributed by atoms with Crippen LogP contribution in [0.25, 0.3) is 0 Å². The zero-order valence-corrected chi connectivity index (χ0v) is 12.1. The minimum Gasteiger partial charge on any atom is -0.377 e. The highest BCUT2D eigenvalue weighted by Crippen LogP contribution is 2.07. The Hall–Kier alpha value is -1.15. The summed E-state index contributed by atoms with van der Waals surface area (Å²) < 4.78 is 5.54. The molecule has 1 atom stereocenters. The molecule has 0 N–H and O–H groups in total. The Labute approximate surface area is 111 Å². The van der Waals surface area contributed by atoms with Crippen molar-refractivity contribution in [2.24, 2.45) is 5.92 Å². The second kappa shape index (κ2) is 11.0. The van der Waals surface area contributed by atoms with Crippen molar-refractivity contribution in [3.63, 3.8) is 0 Å². The number of Topliss-reactive ketones (excluding diaryl/α,β-unsaturated/α-hetero) is 1. The molecule has 1 rings (SSSR count). The van der Waals surface area contributed by atoms with E-state index in [1.807, 2.05) is 39.0 Å². The predicted molar refractivity (Wildman–Crippen MR) is 76.5 cm³/mol. The van der Waals surface area contributed by atoms with Gasteiger partial charge < -0.3 is 4.74 Å². The first kappa shape index (κ1) is 16.9. The fraction of sp³-hybridized carbons (Fsp3) is 0.562. The van der Waals surface area contributed by atoms with E-state index >= 15 is 0 Å². The third kappa shape index (κ3) is 8.02. The number of carbonyl (C=O) groups excluding carboxylic acids is 1. The molecule has 0 aliphatic carbocycles. The summed E-state index contributed by atoms with van der Waals surface area (Å²) in [7, 11) is 0. The number of rotatable bonds is 7. The molecule has 0 aliphatic heterocycles. The molecule has 0 aliphatic rings. The standard InChI is InChI=1S/C14H20O2.C2H6/c1-12(13(2)15)7-6-10-16-11-14-8-4-3-5-9-14;1-2/h3-5,8-9,12H,6-7,10-11H2,1-2H3;1-2H3. The monoisotopic (exact) mass is 250 g/mol. The van der Waals surface area contributed by atoms with Crippen LogP contribution >= 0.6 is 0 Å². The maximum atomic E-state index is 11.0. The van der Waals surface area contributed by atoms with Gasteiger partial charge in [-0.3, -0.25) is 4.79 Å². The molecule has 0 fully saturated rings. The third-order valence-electron chi connectivity index (χ3n) is 2.73. The molecule has 1 unspecified atom stereocenters. The molecule has 0 spiro atoms. The van der Waals surface area contributed by atoms with Gasteiger partial charge in [0.1, 0.15) is 5.78 Å². The predicted octanol–water partition coefficient (Wildman–Crippen LogP) is 4.23. The van der Waals surface area contributed by atoms with Crippen molar-refractivity contribution in [2.45, 2.75) is 47.1 Å². The SMILES string of the molecule is CC.CC(=O)C(C)CCCOCc1ccccc1. The van der Waals surface area contributed by atoms with E-state index in [1.54, 1.807) is 6.92 Å². The van der Waals surface area contributed by atoms with Crippen LogP contribution in [0.1, 0.15) is 46.1 Å². The van der Waals surface area contributed by atoms with Crippen molar-refractivity contribution in [1.29, 1.82) is 0 Å². The number of hydrogen-bond acceptors (Lipinski definition) is 2. The minimum absolute atomic E-state index is 0.167. The number of carbonyl (C=O) groups is 1. The van der Waals surface area contributed by atoms with E-state index in [1.165, 1.54) is 5.56 Å². The van der Waals surface area contributed by atoms with Gasteiger partial charge >= 0.3 is 0 Å². The minimum atomic E-state index is 0.167. The Kier molecular flexibility index (Phi) is 10.3. The number of hydrogen-bond donors (Lipinski definition) is 0. The summed E-state index contributed by atoms with van der Waals surface area (Å²) in [5.41, 5.74) is 1.20. The maximum absolute atomic E-state index is 11.0. The molecule has 18 heavy (non-hydrogen) atoms. The lowest BCUT2D eigenvalue weighted by molar-refractivity contribution is -0.120. The zero-order valence-electron chi connectivity index (χ0n) is 12.1. The first-order valence-corrected chi connectivity index (χ1v) is 6.82. The average Bonchev–Trinajstić information content (AvgIpc) is 2.41. The normalized spacial score (nSPS) is 11.3. The van der Waals surface area contributed by atoms with Gasteiger partial charge in [-0.1, -0.05) is 51.1 Å². The molecule has 102 valence electrons. The smallest absolute Gasteiger partial charge is 0.132 e. The summed E-state index contributed by atoms with van der Waals surface area (Å²) in [6, 6.07) is 10.1. The summed E-state index contributed by atoms with van der Waals surface area (Å²) in [5.74, 6) is 0.434. The van der Waals surface area contributed by atoms with Crippen molar-refractivity contribution in [1.82, 2.24) is 0 Å². The van der Waals surface area contributed by atoms with Crippen molar-refractivity contribution < 1.29 is 9.53 Å². The Balaban J connectivity index is 0.00000137. The Bertz CT molecular complexity index is 306. The highest BCUT2D eigenvalue weighted by molar-refractivity contribution is 5.77. The molecule has 2 nitrogen and oxygen atoms in total. The zero-order chi connectivity index (χ0) is 13.8. The molecular weight excluding hydrogens is 224 g/mol. The van der Waals surface area contributed by atoms with Crippen molar-refractivity contribution in [3.8, 4) is 0 Å². The van der Waals surface area contributed by atoms with Crippen LogP contribution in [0.2, 0.25) is 0 Å². The summed E-state index contributed by atoms with van der Waals surface area (Å²) >= 11 is 0. The fourth-order valence-electron chi connectivity index (χ4n) is 1.46. The molecule has 0 saturated heterocycles. The Morgan fingerprint density at radius 1 is 1.22 bits per heavy atom. The fourth-order valence-corrected chi connectivity index (χ4v) is 1.46. The second-order valence-electron chi connectivity index (χ2n) is 4.19. The number of benzene rings is 1. The number of ketones is 1. The van der Waals surface area contributed by atoms with Crippen molar-refractivity contribution in [2.75, 3.05) is 6.61 Å². The summed E-state index contributed by atoms with van der Waals surface area (Å²) in [5, 5.41) is 0. The Morgan fingerprint density at radius 3 is 2.39 bits per heavy atom. The molecule has 0 aromatic heterocycles. The van der Waals surface area contributed by atoms with Gasteiger partial charge in [-0.15, -0.1) is 0 Å². The van der Waals surface area contributed by atoms with Crippen LogP contribution in [0.3, 0.4) is 0 Å². The maximum Gasteiger partial charge on any atom is 0.132 e. The number of ether oxygens (including phenoxy) is 1. The topological polar surface area (TPSA) is 26.3 Å². The average molecular weight is 250 g/mol. The first-order valence-electron chi connectivity index (χ1n) is 6.82. The lowest BCUT2D eigenvalue weighted by Crippen LogP contribution is -2.07. The lowest BCUT2D eigenvalue weighted by Gasteiger charge is -2.07. The lowest BCUT2D eigenvalue weighted by atomic mass is 10.0. The van der Waals surface area contributed by atoms with E-state index in [0.29, 0.717) is 6.61 Å². The van der Waals surface area contributed by atoms with Crippen LogP contribution in [0.4, 0.5) is 0 Å². The van der Waals surface area contributed by atoms with Crippen LogP contribution in [-0.4, -0.2) is 12.4 Å². The second-order valence-corrected chi connectivity index (χ2v) is 4.19. The van der Waals surface area contributed by atoms with Crippen LogP contribution in [-0.2, 0) is 16.1 Å². The highest BCUT2D eigenvalue weighted by Gasteiger charge is 2.06. The van der Waals surface area contributed by atoms with E-state index in [-0.39, 0.29) is 11.7 Å². The van der Waals surface area contributed by atoms with Crippen molar-refractivity contribution in [3.05, 3.63) is 35.9 Å². The Morgan fingerprint density at radius 2 is 1.83 bits per heavy atom. The quantitative estimate of drug-likeness (QED) is 0.677. The van der Waals surface area contributed by atoms with E-state index < -0.39 is 0 Å². The van der Waals surface area contributed by atoms with Gasteiger partial charge in [-0.05, 0) is 25.3 Å². The van der Waals surface area contributed by atoms with Gasteiger partial charge in [0.2, 0.25) is 0 Å². The van der Waals surface area contributed by atoms with E-state index in [0.717, 1.165) is 19.4 Å². The molecular formula is C16H26O2. The van der Waals surface area contributed by atoms with Gasteiger partial charge in [0.25, 0.3) is 0 Å². The largest absolute Gasteiger partial charge is 0.377 e. The summed E-state index contributed by atoms with van der Waals surface area (Å²) in [6.45, 7) is 9.01. The molecule has 0 amide bonds. The van der Waals surface area contributed by atoms with E-state index in [9.17, 15) is 4.79 Å². The van der Waals surface area contributed by atoms with Crippen LogP contribution in [0.15, 0.2) is 30.3 Å². The van der Waals surface area contributed by atoms with Crippen LogP contribution in [0, 0.1) is 5.92 Å². The molecule has 0 saturated carbocycles. The molecule has 0 bridgehead atoms. The molecule has 1 aromatic rings. The summed E-state index contributed by atoms with van der Waals surface area (Å²) in [4.78, 5) is 11.0. The first-order chi connectivity index (χ1) is 8.70. The van der Waals surface area contributed by atoms with Crippen molar-refractivity contribution >= 4 is 5.78 Å². The van der Waals surface area contributed by atoms with Gasteiger partial charge in [0.15, 0.2) is 0 Å². The van der Waals surface area contributed by atoms with Gasteiger partial charge in [0, 0.05) is 12.5 Å². The molecule has 0 heterocycles. The van der Waals surface area contributed by atoms with E-state index in [4.69, 9.17) is 4.74 Å². The summed E-state index contributed by atoms with van der Waals surface area (Å²) in [6.07, 6.45) is 1.87. The molecule has 0 radical (unpaired) electrons. The van der Waals surface area contributed by atoms with E-state index in [2.05, 4.69) is 12.1 Å². The van der Waals surface area contributed by atoms with Gasteiger partial charge in [0.05, 0.1) is 6.61 Å². The van der Waals surface area contributed by atoms with Crippen LogP contribution in [0.5, 0.6) is 0 Å². The highest BCUT2D eigenvalue weighted by atomic mass is 16.5. The molecule has 2 heteroatoms.